The summed E-state index contributed by atoms with van der Waals surface area (Å²) >= 11 is 0. The lowest BCUT2D eigenvalue weighted by Crippen LogP contribution is -1.94. The molecule has 2 aromatic rings. The second-order valence-electron chi connectivity index (χ2n) is 4.64. The van der Waals surface area contributed by atoms with E-state index in [-0.39, 0.29) is 0 Å². The molecular formula is C16H20N2. The zero-order chi connectivity index (χ0) is 13.0. The summed E-state index contributed by atoms with van der Waals surface area (Å²) in [5.41, 5.74) is 11.3. The smallest absolute Gasteiger partial charge is 0.0405 e. The van der Waals surface area contributed by atoms with Crippen LogP contribution in [0.25, 0.3) is 0 Å². The highest BCUT2D eigenvalue weighted by molar-refractivity contribution is 5.65. The largest absolute Gasteiger partial charge is 0.398 e. The van der Waals surface area contributed by atoms with E-state index in [4.69, 9.17) is 5.73 Å². The summed E-state index contributed by atoms with van der Waals surface area (Å²) < 4.78 is 0. The van der Waals surface area contributed by atoms with Crippen LogP contribution in [0.15, 0.2) is 42.5 Å². The van der Waals surface area contributed by atoms with Gasteiger partial charge in [-0.1, -0.05) is 31.5 Å². The van der Waals surface area contributed by atoms with Crippen molar-refractivity contribution >= 4 is 17.1 Å². The molecule has 0 aliphatic heterocycles. The van der Waals surface area contributed by atoms with Crippen molar-refractivity contribution in [3.63, 3.8) is 0 Å². The van der Waals surface area contributed by atoms with Crippen LogP contribution in [0, 0.1) is 6.92 Å². The molecule has 0 heterocycles. The Bertz CT molecular complexity index is 515. The Labute approximate surface area is 109 Å². The van der Waals surface area contributed by atoms with Crippen LogP contribution >= 0.6 is 0 Å². The van der Waals surface area contributed by atoms with Gasteiger partial charge in [0, 0.05) is 17.1 Å². The summed E-state index contributed by atoms with van der Waals surface area (Å²) in [5.74, 6) is 0. The van der Waals surface area contributed by atoms with Gasteiger partial charge in [0.05, 0.1) is 0 Å². The second kappa shape index (κ2) is 5.58. The number of nitrogens with two attached hydrogens (primary N) is 1. The molecule has 0 aliphatic carbocycles. The maximum absolute atomic E-state index is 5.90. The molecule has 2 rings (SSSR count). The van der Waals surface area contributed by atoms with Crippen LogP contribution in [0.4, 0.5) is 17.1 Å². The minimum atomic E-state index is 0.822. The summed E-state index contributed by atoms with van der Waals surface area (Å²) in [4.78, 5) is 0. The normalized spacial score (nSPS) is 10.3. The van der Waals surface area contributed by atoms with E-state index in [2.05, 4.69) is 36.5 Å². The van der Waals surface area contributed by atoms with Crippen LogP contribution in [0.5, 0.6) is 0 Å². The predicted molar refractivity (Wildman–Crippen MR) is 79.3 cm³/mol. The van der Waals surface area contributed by atoms with Crippen LogP contribution in [0.2, 0.25) is 0 Å². The molecule has 0 fully saturated rings. The highest BCUT2D eigenvalue weighted by atomic mass is 14.9. The fraction of sp³-hybridized carbons (Fsp3) is 0.250. The number of hydrogen-bond acceptors (Lipinski definition) is 2. The molecule has 2 heteroatoms. The topological polar surface area (TPSA) is 38.0 Å². The molecule has 0 bridgehead atoms. The molecule has 0 unspecified atom stereocenters. The van der Waals surface area contributed by atoms with Gasteiger partial charge in [0.25, 0.3) is 0 Å². The van der Waals surface area contributed by atoms with Gasteiger partial charge in [0.15, 0.2) is 0 Å². The zero-order valence-corrected chi connectivity index (χ0v) is 11.0. The molecule has 2 nitrogen and oxygen atoms in total. The molecule has 0 aromatic heterocycles. The quantitative estimate of drug-likeness (QED) is 0.783. The van der Waals surface area contributed by atoms with Crippen LogP contribution in [-0.4, -0.2) is 0 Å². The lowest BCUT2D eigenvalue weighted by Gasteiger charge is -2.09. The summed E-state index contributed by atoms with van der Waals surface area (Å²) in [6.45, 7) is 4.21. The van der Waals surface area contributed by atoms with Crippen LogP contribution < -0.4 is 11.1 Å². The van der Waals surface area contributed by atoms with Gasteiger partial charge in [0.2, 0.25) is 0 Å². The van der Waals surface area contributed by atoms with Crippen LogP contribution in [0.1, 0.15) is 24.5 Å². The van der Waals surface area contributed by atoms with Crippen molar-refractivity contribution in [1.29, 1.82) is 0 Å². The van der Waals surface area contributed by atoms with E-state index in [9.17, 15) is 0 Å². The van der Waals surface area contributed by atoms with E-state index in [1.165, 1.54) is 12.0 Å². The van der Waals surface area contributed by atoms with Crippen molar-refractivity contribution < 1.29 is 0 Å². The summed E-state index contributed by atoms with van der Waals surface area (Å²) in [6, 6.07) is 14.6. The van der Waals surface area contributed by atoms with Crippen molar-refractivity contribution in [2.45, 2.75) is 26.7 Å². The first-order valence-electron chi connectivity index (χ1n) is 6.41. The number of benzene rings is 2. The van der Waals surface area contributed by atoms with Crippen LogP contribution in [0.3, 0.4) is 0 Å². The van der Waals surface area contributed by atoms with Crippen molar-refractivity contribution in [3.8, 4) is 0 Å². The molecule has 18 heavy (non-hydrogen) atoms. The predicted octanol–water partition coefficient (Wildman–Crippen LogP) is 4.27. The summed E-state index contributed by atoms with van der Waals surface area (Å²) in [7, 11) is 0. The fourth-order valence-corrected chi connectivity index (χ4v) is 1.93. The van der Waals surface area contributed by atoms with Crippen molar-refractivity contribution in [1.82, 2.24) is 0 Å². The van der Waals surface area contributed by atoms with Crippen LogP contribution in [-0.2, 0) is 6.42 Å². The van der Waals surface area contributed by atoms with E-state index in [1.807, 2.05) is 25.1 Å². The molecule has 0 aliphatic rings. The molecule has 0 spiro atoms. The number of nitrogens with one attached hydrogen (secondary N) is 1. The number of rotatable bonds is 4. The standard InChI is InChI=1S/C16H20N2/c1-3-4-13-6-9-14(10-7-13)18-15-8-5-12(2)16(17)11-15/h5-11,18H,3-4,17H2,1-2H3. The molecular weight excluding hydrogens is 220 g/mol. The molecule has 0 saturated carbocycles. The summed E-state index contributed by atoms with van der Waals surface area (Å²) in [5, 5.41) is 3.36. The summed E-state index contributed by atoms with van der Waals surface area (Å²) in [6.07, 6.45) is 2.32. The minimum absolute atomic E-state index is 0.822. The lowest BCUT2D eigenvalue weighted by molar-refractivity contribution is 0.922. The highest BCUT2D eigenvalue weighted by Gasteiger charge is 1.98. The first kappa shape index (κ1) is 12.5. The van der Waals surface area contributed by atoms with E-state index >= 15 is 0 Å². The first-order valence-corrected chi connectivity index (χ1v) is 6.41. The Balaban J connectivity index is 2.10. The van der Waals surface area contributed by atoms with Gasteiger partial charge in [-0.05, 0) is 48.7 Å². The van der Waals surface area contributed by atoms with Gasteiger partial charge in [-0.2, -0.15) is 0 Å². The van der Waals surface area contributed by atoms with E-state index in [0.717, 1.165) is 29.0 Å². The maximum Gasteiger partial charge on any atom is 0.0405 e. The van der Waals surface area contributed by atoms with E-state index in [0.29, 0.717) is 0 Å². The Morgan fingerprint density at radius 2 is 1.67 bits per heavy atom. The van der Waals surface area contributed by atoms with E-state index < -0.39 is 0 Å². The van der Waals surface area contributed by atoms with Gasteiger partial charge in [-0.25, -0.2) is 0 Å². The Hall–Kier alpha value is -1.96. The van der Waals surface area contributed by atoms with Gasteiger partial charge >= 0.3 is 0 Å². The highest BCUT2D eigenvalue weighted by Crippen LogP contribution is 2.21. The molecule has 0 amide bonds. The molecule has 2 aromatic carbocycles. The average molecular weight is 240 g/mol. The Morgan fingerprint density at radius 3 is 2.28 bits per heavy atom. The van der Waals surface area contributed by atoms with Crippen molar-refractivity contribution in [2.24, 2.45) is 0 Å². The monoisotopic (exact) mass is 240 g/mol. The number of nitrogen functional groups attached to an aromatic ring is 1. The minimum Gasteiger partial charge on any atom is -0.398 e. The lowest BCUT2D eigenvalue weighted by atomic mass is 10.1. The maximum atomic E-state index is 5.90. The van der Waals surface area contributed by atoms with Gasteiger partial charge in [0.1, 0.15) is 0 Å². The fourth-order valence-electron chi connectivity index (χ4n) is 1.93. The number of aryl methyl sites for hydroxylation is 2. The van der Waals surface area contributed by atoms with Crippen molar-refractivity contribution in [2.75, 3.05) is 11.1 Å². The molecule has 94 valence electrons. The third-order valence-corrected chi connectivity index (χ3v) is 3.06. The van der Waals surface area contributed by atoms with Crippen molar-refractivity contribution in [3.05, 3.63) is 53.6 Å². The molecule has 0 saturated heterocycles. The van der Waals surface area contributed by atoms with Gasteiger partial charge in [-0.3, -0.25) is 0 Å². The third-order valence-electron chi connectivity index (χ3n) is 3.06. The molecule has 0 radical (unpaired) electrons. The third kappa shape index (κ3) is 3.04. The first-order chi connectivity index (χ1) is 8.69. The molecule has 0 atom stereocenters. The van der Waals surface area contributed by atoms with E-state index in [1.54, 1.807) is 0 Å². The molecule has 3 N–H and O–H groups in total. The Kier molecular flexibility index (Phi) is 3.88. The Morgan fingerprint density at radius 1 is 1.00 bits per heavy atom. The SMILES string of the molecule is CCCc1ccc(Nc2ccc(C)c(N)c2)cc1. The van der Waals surface area contributed by atoms with Gasteiger partial charge in [-0.15, -0.1) is 0 Å². The second-order valence-corrected chi connectivity index (χ2v) is 4.64. The zero-order valence-electron chi connectivity index (χ0n) is 11.0. The average Bonchev–Trinajstić information content (AvgIpc) is 2.37. The van der Waals surface area contributed by atoms with Gasteiger partial charge < -0.3 is 11.1 Å². The number of anilines is 3. The number of hydrogen-bond donors (Lipinski definition) is 2.